The van der Waals surface area contributed by atoms with Crippen molar-refractivity contribution in [3.8, 4) is 0 Å². The highest BCUT2D eigenvalue weighted by atomic mass is 19.1. The highest BCUT2D eigenvalue weighted by Gasteiger charge is 2.57. The van der Waals surface area contributed by atoms with Crippen LogP contribution < -0.4 is 0 Å². The summed E-state index contributed by atoms with van der Waals surface area (Å²) in [4.78, 5) is 25.9. The molecule has 0 aromatic carbocycles. The van der Waals surface area contributed by atoms with Gasteiger partial charge in [-0.1, -0.05) is 0 Å². The summed E-state index contributed by atoms with van der Waals surface area (Å²) in [5, 5.41) is 0. The van der Waals surface area contributed by atoms with Gasteiger partial charge in [0, 0.05) is 38.0 Å². The number of ether oxygens (including phenoxy) is 1. The molecule has 0 radical (unpaired) electrons. The van der Waals surface area contributed by atoms with Gasteiger partial charge in [-0.05, 0) is 20.4 Å². The van der Waals surface area contributed by atoms with Gasteiger partial charge < -0.3 is 14.5 Å². The number of fused-ring (bicyclic) bond motifs is 2. The summed E-state index contributed by atoms with van der Waals surface area (Å²) < 4.78 is 19.5. The fourth-order valence-electron chi connectivity index (χ4n) is 4.13. The highest BCUT2D eigenvalue weighted by molar-refractivity contribution is 5.91. The van der Waals surface area contributed by atoms with Gasteiger partial charge in [0.15, 0.2) is 0 Å². The largest absolute Gasteiger partial charge is 0.378 e. The Morgan fingerprint density at radius 1 is 1.43 bits per heavy atom. The number of halogens is 1. The van der Waals surface area contributed by atoms with Gasteiger partial charge in [-0.2, -0.15) is 0 Å². The molecule has 3 aliphatic heterocycles. The molecule has 2 atom stereocenters. The summed E-state index contributed by atoms with van der Waals surface area (Å²) in [6, 6.07) is -0.409. The second-order valence-corrected chi connectivity index (χ2v) is 6.93. The molecule has 1 spiro atoms. The van der Waals surface area contributed by atoms with E-state index in [1.807, 2.05) is 14.0 Å². The summed E-state index contributed by atoms with van der Waals surface area (Å²) in [6.45, 7) is 4.06. The van der Waals surface area contributed by atoms with E-state index in [4.69, 9.17) is 4.74 Å². The van der Waals surface area contributed by atoms with Gasteiger partial charge in [0.1, 0.15) is 17.4 Å². The molecule has 0 unspecified atom stereocenters. The Labute approximate surface area is 134 Å². The normalized spacial score (nSPS) is 30.2. The van der Waals surface area contributed by atoms with E-state index in [9.17, 15) is 9.18 Å². The van der Waals surface area contributed by atoms with E-state index in [1.165, 1.54) is 0 Å². The van der Waals surface area contributed by atoms with Gasteiger partial charge >= 0.3 is 0 Å². The lowest BCUT2D eigenvalue weighted by Crippen LogP contribution is -2.69. The average molecular weight is 320 g/mol. The third kappa shape index (κ3) is 2.17. The van der Waals surface area contributed by atoms with Crippen LogP contribution in [0.25, 0.3) is 0 Å². The fourth-order valence-corrected chi connectivity index (χ4v) is 4.13. The van der Waals surface area contributed by atoms with Crippen LogP contribution in [0.4, 0.5) is 4.39 Å². The van der Waals surface area contributed by atoms with Gasteiger partial charge in [-0.25, -0.2) is 14.4 Å². The molecule has 6 nitrogen and oxygen atoms in total. The van der Waals surface area contributed by atoms with Crippen molar-refractivity contribution in [1.82, 2.24) is 19.8 Å². The lowest BCUT2D eigenvalue weighted by molar-refractivity contribution is -0.154. The first kappa shape index (κ1) is 15.0. The van der Waals surface area contributed by atoms with Crippen molar-refractivity contribution in [2.75, 3.05) is 33.4 Å². The van der Waals surface area contributed by atoms with Crippen LogP contribution >= 0.6 is 0 Å². The van der Waals surface area contributed by atoms with E-state index in [2.05, 4.69) is 14.9 Å². The number of aryl methyl sites for hydroxylation is 1. The summed E-state index contributed by atoms with van der Waals surface area (Å²) in [5.74, 6) is 0.684. The van der Waals surface area contributed by atoms with Gasteiger partial charge in [0.05, 0.1) is 18.3 Å². The molecule has 1 aromatic rings. The molecular formula is C16H21FN4O2. The molecule has 7 heteroatoms. The minimum absolute atomic E-state index is 0.00995. The van der Waals surface area contributed by atoms with Crippen LogP contribution in [-0.2, 0) is 21.5 Å². The first-order chi connectivity index (χ1) is 11.0. The van der Waals surface area contributed by atoms with Crippen LogP contribution in [0.1, 0.15) is 23.5 Å². The van der Waals surface area contributed by atoms with E-state index >= 15 is 0 Å². The topological polar surface area (TPSA) is 58.6 Å². The predicted molar refractivity (Wildman–Crippen MR) is 80.6 cm³/mol. The van der Waals surface area contributed by atoms with Crippen molar-refractivity contribution in [3.05, 3.63) is 23.3 Å². The van der Waals surface area contributed by atoms with E-state index < -0.39 is 17.6 Å². The third-order valence-corrected chi connectivity index (χ3v) is 5.18. The van der Waals surface area contributed by atoms with Crippen LogP contribution in [0.15, 0.2) is 6.20 Å². The molecule has 1 aromatic heterocycles. The fraction of sp³-hybridized carbons (Fsp3) is 0.688. The maximum Gasteiger partial charge on any atom is 0.238 e. The van der Waals surface area contributed by atoms with Crippen LogP contribution in [0.5, 0.6) is 0 Å². The molecule has 4 rings (SSSR count). The number of carbonyl (C=O) groups excluding carboxylic acids is 1. The number of likely N-dealkylation sites (N-methyl/N-ethyl adjacent to an activating group) is 1. The summed E-state index contributed by atoms with van der Waals surface area (Å²) >= 11 is 0. The number of aromatic nitrogens is 2. The van der Waals surface area contributed by atoms with Crippen molar-refractivity contribution in [3.63, 3.8) is 0 Å². The third-order valence-electron chi connectivity index (χ3n) is 5.18. The zero-order valence-corrected chi connectivity index (χ0v) is 13.5. The number of hydrogen-bond acceptors (Lipinski definition) is 5. The van der Waals surface area contributed by atoms with Crippen LogP contribution in [0.3, 0.4) is 0 Å². The molecule has 0 N–H and O–H groups in total. The number of likely N-dealkylation sites (tertiary alicyclic amines) is 1. The first-order valence-electron chi connectivity index (χ1n) is 8.06. The van der Waals surface area contributed by atoms with Gasteiger partial charge in [0.25, 0.3) is 0 Å². The smallest absolute Gasteiger partial charge is 0.238 e. The maximum atomic E-state index is 14.3. The zero-order chi connectivity index (χ0) is 16.2. The summed E-state index contributed by atoms with van der Waals surface area (Å²) in [6.07, 6.45) is 1.21. The molecule has 0 bridgehead atoms. The Balaban J connectivity index is 1.75. The number of amides is 1. The SMILES string of the molecule is Cc1ncc2c(n1)C1(CN(C)C1)C(=O)N([C@@H]1CCOC[C@@H]1F)C2. The quantitative estimate of drug-likeness (QED) is 0.751. The Morgan fingerprint density at radius 2 is 2.22 bits per heavy atom. The van der Waals surface area contributed by atoms with E-state index in [1.54, 1.807) is 11.1 Å². The molecule has 124 valence electrons. The van der Waals surface area contributed by atoms with E-state index in [0.717, 1.165) is 11.3 Å². The molecule has 4 heterocycles. The Bertz CT molecular complexity index is 647. The van der Waals surface area contributed by atoms with Crippen LogP contribution in [0, 0.1) is 6.92 Å². The monoisotopic (exact) mass is 320 g/mol. The molecule has 2 saturated heterocycles. The van der Waals surface area contributed by atoms with Gasteiger partial charge in [-0.3, -0.25) is 4.79 Å². The highest BCUT2D eigenvalue weighted by Crippen LogP contribution is 2.41. The first-order valence-corrected chi connectivity index (χ1v) is 8.06. The van der Waals surface area contributed by atoms with Crippen LogP contribution in [0.2, 0.25) is 0 Å². The minimum Gasteiger partial charge on any atom is -0.378 e. The lowest BCUT2D eigenvalue weighted by atomic mass is 9.71. The molecule has 0 aliphatic carbocycles. The molecule has 3 aliphatic rings. The number of alkyl halides is 1. The second-order valence-electron chi connectivity index (χ2n) is 6.93. The number of rotatable bonds is 1. The minimum atomic E-state index is -1.13. The molecule has 0 saturated carbocycles. The Hall–Kier alpha value is -1.60. The van der Waals surface area contributed by atoms with Gasteiger partial charge in [0.2, 0.25) is 5.91 Å². The van der Waals surface area contributed by atoms with Crippen LogP contribution in [-0.4, -0.2) is 71.2 Å². The predicted octanol–water partition coefficient (Wildman–Crippen LogP) is 0.437. The molecule has 23 heavy (non-hydrogen) atoms. The number of carbonyl (C=O) groups is 1. The molecular weight excluding hydrogens is 299 g/mol. The van der Waals surface area contributed by atoms with Crippen molar-refractivity contribution in [2.24, 2.45) is 0 Å². The maximum absolute atomic E-state index is 14.3. The number of nitrogens with zero attached hydrogens (tertiary/aromatic N) is 4. The molecule has 2 fully saturated rings. The van der Waals surface area contributed by atoms with Crippen molar-refractivity contribution in [2.45, 2.75) is 37.5 Å². The second kappa shape index (κ2) is 5.21. The van der Waals surface area contributed by atoms with Crippen molar-refractivity contribution >= 4 is 5.91 Å². The Kier molecular flexibility index (Phi) is 3.39. The van der Waals surface area contributed by atoms with E-state index in [0.29, 0.717) is 38.5 Å². The summed E-state index contributed by atoms with van der Waals surface area (Å²) in [5.41, 5.74) is 1.16. The lowest BCUT2D eigenvalue weighted by Gasteiger charge is -2.53. The molecule has 1 amide bonds. The van der Waals surface area contributed by atoms with Crippen molar-refractivity contribution in [1.29, 1.82) is 0 Å². The standard InChI is InChI=1S/C16H21FN4O2/c1-10-18-5-11-6-21(13-3-4-23-7-12(13)17)15(22)16(14(11)19-10)8-20(2)9-16/h5,12-13H,3-4,6-9H2,1-2H3/t12-,13+/m0/s1. The summed E-state index contributed by atoms with van der Waals surface area (Å²) in [7, 11) is 1.98. The average Bonchev–Trinajstić information content (AvgIpc) is 2.50. The van der Waals surface area contributed by atoms with Gasteiger partial charge in [-0.15, -0.1) is 0 Å². The zero-order valence-electron chi connectivity index (χ0n) is 13.5. The van der Waals surface area contributed by atoms with Crippen molar-refractivity contribution < 1.29 is 13.9 Å². The Morgan fingerprint density at radius 3 is 2.91 bits per heavy atom. The number of hydrogen-bond donors (Lipinski definition) is 0. The van der Waals surface area contributed by atoms with E-state index in [-0.39, 0.29) is 12.5 Å².